The Kier molecular flexibility index (Phi) is 5.21. The summed E-state index contributed by atoms with van der Waals surface area (Å²) < 4.78 is 10.7. The minimum Gasteiger partial charge on any atom is -0.493 e. The molecule has 0 aliphatic rings. The summed E-state index contributed by atoms with van der Waals surface area (Å²) in [6, 6.07) is 5.67. The predicted molar refractivity (Wildman–Crippen MR) is 75.5 cm³/mol. The van der Waals surface area contributed by atoms with Crippen LogP contribution in [0.5, 0.6) is 11.5 Å². The van der Waals surface area contributed by atoms with E-state index >= 15 is 0 Å². The van der Waals surface area contributed by atoms with Crippen molar-refractivity contribution in [2.75, 3.05) is 13.7 Å². The van der Waals surface area contributed by atoms with Crippen LogP contribution in [0, 0.1) is 5.41 Å². The molecule has 19 heavy (non-hydrogen) atoms. The number of carbonyl (C=O) groups is 1. The van der Waals surface area contributed by atoms with E-state index in [1.54, 1.807) is 7.11 Å². The molecule has 0 saturated heterocycles. The molecule has 106 valence electrons. The van der Waals surface area contributed by atoms with Crippen LogP contribution in [0.3, 0.4) is 0 Å². The van der Waals surface area contributed by atoms with E-state index in [0.29, 0.717) is 18.9 Å². The van der Waals surface area contributed by atoms with Gasteiger partial charge in [0.1, 0.15) is 0 Å². The number of amides is 1. The number of hydrogen-bond donors (Lipinski definition) is 1. The van der Waals surface area contributed by atoms with Crippen LogP contribution in [0.4, 0.5) is 0 Å². The zero-order valence-electron chi connectivity index (χ0n) is 12.4. The Morgan fingerprint density at radius 2 is 1.95 bits per heavy atom. The SMILES string of the molecule is CCOc1ccc(CNC(=O)C(C)(C)C)cc1OC. The van der Waals surface area contributed by atoms with Gasteiger partial charge < -0.3 is 14.8 Å². The molecule has 0 heterocycles. The maximum Gasteiger partial charge on any atom is 0.225 e. The van der Waals surface area contributed by atoms with E-state index in [0.717, 1.165) is 11.3 Å². The number of methoxy groups -OCH3 is 1. The third kappa shape index (κ3) is 4.47. The highest BCUT2D eigenvalue weighted by Crippen LogP contribution is 2.28. The Labute approximate surface area is 115 Å². The molecule has 0 atom stereocenters. The molecular formula is C15H23NO3. The van der Waals surface area contributed by atoms with Crippen molar-refractivity contribution in [2.45, 2.75) is 34.2 Å². The van der Waals surface area contributed by atoms with Crippen molar-refractivity contribution in [1.82, 2.24) is 5.32 Å². The van der Waals surface area contributed by atoms with Crippen LogP contribution in [0.2, 0.25) is 0 Å². The third-order valence-electron chi connectivity index (χ3n) is 2.66. The fourth-order valence-corrected chi connectivity index (χ4v) is 1.54. The van der Waals surface area contributed by atoms with Crippen molar-refractivity contribution in [3.05, 3.63) is 23.8 Å². The van der Waals surface area contributed by atoms with Gasteiger partial charge in [-0.2, -0.15) is 0 Å². The van der Waals surface area contributed by atoms with E-state index < -0.39 is 0 Å². The van der Waals surface area contributed by atoms with Gasteiger partial charge in [-0.1, -0.05) is 26.8 Å². The fourth-order valence-electron chi connectivity index (χ4n) is 1.54. The monoisotopic (exact) mass is 265 g/mol. The second kappa shape index (κ2) is 6.45. The van der Waals surface area contributed by atoms with Gasteiger partial charge in [0, 0.05) is 12.0 Å². The summed E-state index contributed by atoms with van der Waals surface area (Å²) in [7, 11) is 1.61. The Morgan fingerprint density at radius 3 is 2.47 bits per heavy atom. The first-order valence-electron chi connectivity index (χ1n) is 6.46. The van der Waals surface area contributed by atoms with Gasteiger partial charge in [-0.05, 0) is 24.6 Å². The molecule has 4 heteroatoms. The summed E-state index contributed by atoms with van der Waals surface area (Å²) in [4.78, 5) is 11.8. The molecule has 1 aromatic rings. The molecule has 0 unspecified atom stereocenters. The topological polar surface area (TPSA) is 47.6 Å². The standard InChI is InChI=1S/C15H23NO3/c1-6-19-12-8-7-11(9-13(12)18-5)10-16-14(17)15(2,3)4/h7-9H,6,10H2,1-5H3,(H,16,17). The summed E-state index contributed by atoms with van der Waals surface area (Å²) in [5, 5.41) is 2.91. The van der Waals surface area contributed by atoms with Gasteiger partial charge in [0.25, 0.3) is 0 Å². The molecule has 1 amide bonds. The molecule has 0 aliphatic carbocycles. The molecule has 0 aromatic heterocycles. The van der Waals surface area contributed by atoms with Crippen LogP contribution < -0.4 is 14.8 Å². The lowest BCUT2D eigenvalue weighted by molar-refractivity contribution is -0.128. The van der Waals surface area contributed by atoms with E-state index in [1.165, 1.54) is 0 Å². The molecule has 0 radical (unpaired) electrons. The van der Waals surface area contributed by atoms with Gasteiger partial charge in [0.2, 0.25) is 5.91 Å². The fraction of sp³-hybridized carbons (Fsp3) is 0.533. The first-order valence-corrected chi connectivity index (χ1v) is 6.46. The molecule has 4 nitrogen and oxygen atoms in total. The Hall–Kier alpha value is -1.71. The van der Waals surface area contributed by atoms with Crippen LogP contribution in [0.25, 0.3) is 0 Å². The van der Waals surface area contributed by atoms with Crippen LogP contribution in [-0.4, -0.2) is 19.6 Å². The van der Waals surface area contributed by atoms with Crippen molar-refractivity contribution >= 4 is 5.91 Å². The van der Waals surface area contributed by atoms with Crippen molar-refractivity contribution < 1.29 is 14.3 Å². The quantitative estimate of drug-likeness (QED) is 0.890. The number of rotatable bonds is 5. The largest absolute Gasteiger partial charge is 0.493 e. The van der Waals surface area contributed by atoms with Crippen molar-refractivity contribution in [1.29, 1.82) is 0 Å². The highest BCUT2D eigenvalue weighted by molar-refractivity contribution is 5.81. The maximum atomic E-state index is 11.8. The second-order valence-electron chi connectivity index (χ2n) is 5.35. The van der Waals surface area contributed by atoms with Gasteiger partial charge in [0.05, 0.1) is 13.7 Å². The minimum absolute atomic E-state index is 0.0281. The predicted octanol–water partition coefficient (Wildman–Crippen LogP) is 2.76. The molecule has 0 spiro atoms. The van der Waals surface area contributed by atoms with Gasteiger partial charge in [-0.3, -0.25) is 4.79 Å². The summed E-state index contributed by atoms with van der Waals surface area (Å²) >= 11 is 0. The molecule has 1 rings (SSSR count). The first kappa shape index (κ1) is 15.3. The molecular weight excluding hydrogens is 242 g/mol. The van der Waals surface area contributed by atoms with E-state index in [-0.39, 0.29) is 11.3 Å². The third-order valence-corrected chi connectivity index (χ3v) is 2.66. The Morgan fingerprint density at radius 1 is 1.26 bits per heavy atom. The maximum absolute atomic E-state index is 11.8. The average molecular weight is 265 g/mol. The zero-order chi connectivity index (χ0) is 14.5. The van der Waals surface area contributed by atoms with Crippen molar-refractivity contribution in [2.24, 2.45) is 5.41 Å². The molecule has 1 aromatic carbocycles. The molecule has 1 N–H and O–H groups in total. The highest BCUT2D eigenvalue weighted by atomic mass is 16.5. The minimum atomic E-state index is -0.380. The number of hydrogen-bond acceptors (Lipinski definition) is 3. The zero-order valence-corrected chi connectivity index (χ0v) is 12.4. The van der Waals surface area contributed by atoms with Crippen LogP contribution in [-0.2, 0) is 11.3 Å². The van der Waals surface area contributed by atoms with Crippen LogP contribution >= 0.6 is 0 Å². The van der Waals surface area contributed by atoms with Gasteiger partial charge in [-0.15, -0.1) is 0 Å². The smallest absolute Gasteiger partial charge is 0.225 e. The van der Waals surface area contributed by atoms with E-state index in [1.807, 2.05) is 45.9 Å². The summed E-state index contributed by atoms with van der Waals surface area (Å²) in [6.45, 7) is 8.68. The summed E-state index contributed by atoms with van der Waals surface area (Å²) in [5.41, 5.74) is 0.605. The molecule has 0 bridgehead atoms. The van der Waals surface area contributed by atoms with Gasteiger partial charge in [-0.25, -0.2) is 0 Å². The molecule has 0 fully saturated rings. The second-order valence-corrected chi connectivity index (χ2v) is 5.35. The van der Waals surface area contributed by atoms with Crippen LogP contribution in [0.15, 0.2) is 18.2 Å². The Bertz CT molecular complexity index is 436. The summed E-state index contributed by atoms with van der Waals surface area (Å²) in [5.74, 6) is 1.43. The number of ether oxygens (including phenoxy) is 2. The van der Waals surface area contributed by atoms with Crippen molar-refractivity contribution in [3.63, 3.8) is 0 Å². The summed E-state index contributed by atoms with van der Waals surface area (Å²) in [6.07, 6.45) is 0. The van der Waals surface area contributed by atoms with E-state index in [9.17, 15) is 4.79 Å². The van der Waals surface area contributed by atoms with Crippen molar-refractivity contribution in [3.8, 4) is 11.5 Å². The Balaban J connectivity index is 2.72. The number of benzene rings is 1. The first-order chi connectivity index (χ1) is 8.88. The van der Waals surface area contributed by atoms with Crippen LogP contribution in [0.1, 0.15) is 33.3 Å². The normalized spacial score (nSPS) is 11.0. The van der Waals surface area contributed by atoms with E-state index in [4.69, 9.17) is 9.47 Å². The molecule has 0 aliphatic heterocycles. The molecule has 0 saturated carbocycles. The lowest BCUT2D eigenvalue weighted by Gasteiger charge is -2.18. The van der Waals surface area contributed by atoms with Gasteiger partial charge >= 0.3 is 0 Å². The van der Waals surface area contributed by atoms with E-state index in [2.05, 4.69) is 5.32 Å². The van der Waals surface area contributed by atoms with Gasteiger partial charge in [0.15, 0.2) is 11.5 Å². The lowest BCUT2D eigenvalue weighted by Crippen LogP contribution is -2.34. The highest BCUT2D eigenvalue weighted by Gasteiger charge is 2.20. The number of nitrogens with one attached hydrogen (secondary N) is 1. The average Bonchev–Trinajstić information content (AvgIpc) is 2.36. The lowest BCUT2D eigenvalue weighted by atomic mass is 9.95. The number of carbonyl (C=O) groups excluding carboxylic acids is 1.